The van der Waals surface area contributed by atoms with Gasteiger partial charge in [0.15, 0.2) is 0 Å². The third-order valence-corrected chi connectivity index (χ3v) is 6.15. The first-order valence-electron chi connectivity index (χ1n) is 7.77. The van der Waals surface area contributed by atoms with E-state index in [-0.39, 0.29) is 0 Å². The fourth-order valence-corrected chi connectivity index (χ4v) is 4.83. The maximum Gasteiger partial charge on any atom is 0.211 e. The van der Waals surface area contributed by atoms with E-state index in [0.717, 1.165) is 19.4 Å². The zero-order valence-corrected chi connectivity index (χ0v) is 12.8. The first-order chi connectivity index (χ1) is 9.07. The summed E-state index contributed by atoms with van der Waals surface area (Å²) in [7, 11) is -3.09. The first-order valence-corrected chi connectivity index (χ1v) is 9.43. The molecule has 1 aliphatic carbocycles. The van der Waals surface area contributed by atoms with E-state index >= 15 is 0 Å². The Hall–Kier alpha value is -0.130. The topological polar surface area (TPSA) is 58.2 Å². The maximum atomic E-state index is 12.1. The lowest BCUT2D eigenvalue weighted by molar-refractivity contribution is 0.299. The quantitative estimate of drug-likeness (QED) is 0.812. The third-order valence-electron chi connectivity index (χ3n) is 4.63. The second kappa shape index (κ2) is 7.04. The van der Waals surface area contributed by atoms with Crippen LogP contribution < -0.4 is 10.0 Å². The van der Waals surface area contributed by atoms with E-state index in [9.17, 15) is 8.42 Å². The van der Waals surface area contributed by atoms with Crippen LogP contribution in [0.25, 0.3) is 0 Å². The van der Waals surface area contributed by atoms with Gasteiger partial charge in [0.2, 0.25) is 10.0 Å². The lowest BCUT2D eigenvalue weighted by Crippen LogP contribution is -2.48. The molecule has 1 heterocycles. The predicted molar refractivity (Wildman–Crippen MR) is 78.6 cm³/mol. The molecule has 1 aliphatic heterocycles. The molecule has 0 radical (unpaired) electrons. The fourth-order valence-electron chi connectivity index (χ4n) is 3.33. The Balaban J connectivity index is 1.76. The van der Waals surface area contributed by atoms with Gasteiger partial charge in [-0.25, -0.2) is 13.1 Å². The van der Waals surface area contributed by atoms with E-state index < -0.39 is 10.0 Å². The number of hydrogen-bond donors (Lipinski definition) is 2. The first kappa shape index (κ1) is 15.3. The summed E-state index contributed by atoms with van der Waals surface area (Å²) in [6.07, 6.45) is 8.22. The smallest absolute Gasteiger partial charge is 0.211 e. The van der Waals surface area contributed by atoms with Crippen molar-refractivity contribution in [2.24, 2.45) is 11.8 Å². The molecule has 2 fully saturated rings. The number of piperidine rings is 1. The number of hydrogen-bond acceptors (Lipinski definition) is 3. The zero-order valence-electron chi connectivity index (χ0n) is 12.0. The van der Waals surface area contributed by atoms with Crippen LogP contribution >= 0.6 is 0 Å². The van der Waals surface area contributed by atoms with Crippen LogP contribution in [0.3, 0.4) is 0 Å². The van der Waals surface area contributed by atoms with Gasteiger partial charge < -0.3 is 5.32 Å². The molecule has 1 saturated carbocycles. The Labute approximate surface area is 117 Å². The van der Waals surface area contributed by atoms with Gasteiger partial charge in [0, 0.05) is 12.6 Å². The molecular formula is C14H28N2O2S. The third kappa shape index (κ3) is 5.04. The van der Waals surface area contributed by atoms with Gasteiger partial charge in [-0.2, -0.15) is 0 Å². The Morgan fingerprint density at radius 1 is 1.11 bits per heavy atom. The number of rotatable bonds is 5. The van der Waals surface area contributed by atoms with Gasteiger partial charge in [0.1, 0.15) is 0 Å². The predicted octanol–water partition coefficient (Wildman–Crippen LogP) is 1.87. The second-order valence-electron chi connectivity index (χ2n) is 6.31. The highest BCUT2D eigenvalue weighted by Gasteiger charge is 2.25. The van der Waals surface area contributed by atoms with E-state index in [1.54, 1.807) is 0 Å². The van der Waals surface area contributed by atoms with Crippen molar-refractivity contribution in [2.75, 3.05) is 18.8 Å². The van der Waals surface area contributed by atoms with Gasteiger partial charge in [-0.05, 0) is 44.1 Å². The average Bonchev–Trinajstić information content (AvgIpc) is 2.38. The Morgan fingerprint density at radius 2 is 1.84 bits per heavy atom. The molecular weight excluding hydrogens is 260 g/mol. The van der Waals surface area contributed by atoms with Crippen molar-refractivity contribution in [1.82, 2.24) is 10.0 Å². The Bertz CT molecular complexity index is 364. The molecule has 2 atom stereocenters. The van der Waals surface area contributed by atoms with E-state index in [4.69, 9.17) is 0 Å². The lowest BCUT2D eigenvalue weighted by Gasteiger charge is -2.30. The molecule has 112 valence electrons. The Morgan fingerprint density at radius 3 is 2.53 bits per heavy atom. The average molecular weight is 288 g/mol. The number of nitrogens with one attached hydrogen (secondary N) is 2. The van der Waals surface area contributed by atoms with Crippen molar-refractivity contribution in [1.29, 1.82) is 0 Å². The normalized spacial score (nSPS) is 30.4. The standard InChI is InChI=1S/C14H28N2O2S/c1-12-6-5-9-15-14(12)10-16-19(17,18)11-13-7-3-2-4-8-13/h12-16H,2-11H2,1H3. The van der Waals surface area contributed by atoms with Crippen molar-refractivity contribution >= 4 is 10.0 Å². The molecule has 0 spiro atoms. The minimum absolute atomic E-state index is 0.301. The molecule has 4 nitrogen and oxygen atoms in total. The van der Waals surface area contributed by atoms with Crippen LogP contribution in [-0.4, -0.2) is 33.3 Å². The van der Waals surface area contributed by atoms with Crippen molar-refractivity contribution in [2.45, 2.75) is 57.9 Å². The highest BCUT2D eigenvalue weighted by molar-refractivity contribution is 7.89. The maximum absolute atomic E-state index is 12.1. The largest absolute Gasteiger partial charge is 0.312 e. The second-order valence-corrected chi connectivity index (χ2v) is 8.17. The summed E-state index contributed by atoms with van der Waals surface area (Å²) in [5, 5.41) is 3.42. The van der Waals surface area contributed by atoms with Crippen LogP contribution in [0.2, 0.25) is 0 Å². The molecule has 0 amide bonds. The van der Waals surface area contributed by atoms with Crippen LogP contribution in [0.5, 0.6) is 0 Å². The molecule has 2 N–H and O–H groups in total. The number of sulfonamides is 1. The monoisotopic (exact) mass is 288 g/mol. The molecule has 1 saturated heterocycles. The minimum atomic E-state index is -3.09. The summed E-state index contributed by atoms with van der Waals surface area (Å²) in [4.78, 5) is 0. The summed E-state index contributed by atoms with van der Waals surface area (Å²) >= 11 is 0. The van der Waals surface area contributed by atoms with Crippen LogP contribution in [0.15, 0.2) is 0 Å². The van der Waals surface area contributed by atoms with Crippen molar-refractivity contribution in [3.8, 4) is 0 Å². The summed E-state index contributed by atoms with van der Waals surface area (Å²) in [6, 6.07) is 0.301. The van der Waals surface area contributed by atoms with E-state index in [2.05, 4.69) is 17.0 Å². The Kier molecular flexibility index (Phi) is 5.66. The van der Waals surface area contributed by atoms with Gasteiger partial charge in [0.25, 0.3) is 0 Å². The van der Waals surface area contributed by atoms with Crippen molar-refractivity contribution < 1.29 is 8.42 Å². The molecule has 19 heavy (non-hydrogen) atoms. The van der Waals surface area contributed by atoms with Gasteiger partial charge >= 0.3 is 0 Å². The van der Waals surface area contributed by atoms with E-state index in [1.165, 1.54) is 32.1 Å². The van der Waals surface area contributed by atoms with Crippen molar-refractivity contribution in [3.63, 3.8) is 0 Å². The van der Waals surface area contributed by atoms with Crippen LogP contribution in [-0.2, 0) is 10.0 Å². The molecule has 2 rings (SSSR count). The molecule has 5 heteroatoms. The lowest BCUT2D eigenvalue weighted by atomic mass is 9.91. The molecule has 0 aromatic rings. The molecule has 2 aliphatic rings. The van der Waals surface area contributed by atoms with E-state index in [1.807, 2.05) is 0 Å². The van der Waals surface area contributed by atoms with E-state index in [0.29, 0.717) is 30.2 Å². The van der Waals surface area contributed by atoms with Crippen LogP contribution in [0, 0.1) is 11.8 Å². The molecule has 0 aromatic carbocycles. The van der Waals surface area contributed by atoms with Crippen LogP contribution in [0.4, 0.5) is 0 Å². The summed E-state index contributed by atoms with van der Waals surface area (Å²) < 4.78 is 27.0. The van der Waals surface area contributed by atoms with Crippen LogP contribution in [0.1, 0.15) is 51.9 Å². The highest BCUT2D eigenvalue weighted by atomic mass is 32.2. The minimum Gasteiger partial charge on any atom is -0.312 e. The zero-order chi connectivity index (χ0) is 13.7. The summed E-state index contributed by atoms with van der Waals surface area (Å²) in [5.41, 5.74) is 0. The SMILES string of the molecule is CC1CCCNC1CNS(=O)(=O)CC1CCCCC1. The molecule has 2 unspecified atom stereocenters. The van der Waals surface area contributed by atoms with Gasteiger partial charge in [-0.15, -0.1) is 0 Å². The van der Waals surface area contributed by atoms with Gasteiger partial charge in [-0.1, -0.05) is 26.2 Å². The summed E-state index contributed by atoms with van der Waals surface area (Å²) in [5.74, 6) is 1.27. The molecule has 0 aromatic heterocycles. The van der Waals surface area contributed by atoms with Gasteiger partial charge in [0.05, 0.1) is 5.75 Å². The summed E-state index contributed by atoms with van der Waals surface area (Å²) in [6.45, 7) is 3.77. The molecule has 0 bridgehead atoms. The highest BCUT2D eigenvalue weighted by Crippen LogP contribution is 2.24. The van der Waals surface area contributed by atoms with Gasteiger partial charge in [-0.3, -0.25) is 0 Å². The van der Waals surface area contributed by atoms with Crippen molar-refractivity contribution in [3.05, 3.63) is 0 Å². The fraction of sp³-hybridized carbons (Fsp3) is 1.00.